The van der Waals surface area contributed by atoms with Gasteiger partial charge < -0.3 is 10.1 Å². The van der Waals surface area contributed by atoms with Gasteiger partial charge in [-0.1, -0.05) is 32.9 Å². The molecule has 1 atom stereocenters. The number of ether oxygens (including phenoxy) is 1. The van der Waals surface area contributed by atoms with Crippen LogP contribution >= 0.6 is 0 Å². The van der Waals surface area contributed by atoms with Crippen molar-refractivity contribution in [2.45, 2.75) is 39.8 Å². The van der Waals surface area contributed by atoms with Crippen LogP contribution in [0.5, 0.6) is 0 Å². The van der Waals surface area contributed by atoms with E-state index < -0.39 is 0 Å². The third-order valence-corrected chi connectivity index (χ3v) is 5.06. The van der Waals surface area contributed by atoms with Crippen molar-refractivity contribution >= 4 is 22.8 Å². The highest BCUT2D eigenvalue weighted by atomic mass is 16.5. The summed E-state index contributed by atoms with van der Waals surface area (Å²) in [6.45, 7) is 6.97. The van der Waals surface area contributed by atoms with Crippen LogP contribution in [0.2, 0.25) is 0 Å². The molecule has 0 saturated heterocycles. The predicted molar refractivity (Wildman–Crippen MR) is 125 cm³/mol. The topological polar surface area (TPSA) is 83.8 Å². The molecule has 0 amide bonds. The highest BCUT2D eigenvalue weighted by Crippen LogP contribution is 2.24. The van der Waals surface area contributed by atoms with Crippen molar-refractivity contribution in [3.63, 3.8) is 0 Å². The average molecular weight is 417 g/mol. The summed E-state index contributed by atoms with van der Waals surface area (Å²) < 4.78 is 9.25. The number of benzene rings is 1. The summed E-state index contributed by atoms with van der Waals surface area (Å²) in [7, 11) is 1.78. The number of hydrogen-bond donors (Lipinski definition) is 1. The van der Waals surface area contributed by atoms with Crippen LogP contribution in [0.25, 0.3) is 16.6 Å². The molecular formula is C25H28N4O2. The van der Waals surface area contributed by atoms with Crippen LogP contribution in [0.1, 0.15) is 32.8 Å². The van der Waals surface area contributed by atoms with Crippen molar-refractivity contribution in [1.82, 2.24) is 9.13 Å². The fraction of sp³-hybridized carbons (Fsp3) is 0.320. The molecule has 3 rings (SSSR count). The summed E-state index contributed by atoms with van der Waals surface area (Å²) in [6, 6.07) is 8.01. The predicted octanol–water partition coefficient (Wildman–Crippen LogP) is 4.73. The number of nitriles is 1. The highest BCUT2D eigenvalue weighted by Gasteiger charge is 2.18. The molecule has 31 heavy (non-hydrogen) atoms. The first kappa shape index (κ1) is 22.1. The average Bonchev–Trinajstić information content (AvgIpc) is 2.97. The van der Waals surface area contributed by atoms with Gasteiger partial charge in [0.1, 0.15) is 6.10 Å². The number of fused-ring (bicyclic) bond motifs is 1. The zero-order valence-corrected chi connectivity index (χ0v) is 18.4. The van der Waals surface area contributed by atoms with Gasteiger partial charge in [-0.3, -0.25) is 9.13 Å². The van der Waals surface area contributed by atoms with Gasteiger partial charge in [-0.05, 0) is 53.0 Å². The van der Waals surface area contributed by atoms with Gasteiger partial charge in [0.2, 0.25) is 0 Å². The monoisotopic (exact) mass is 416 g/mol. The van der Waals surface area contributed by atoms with E-state index in [-0.39, 0.29) is 17.2 Å². The molecule has 0 spiro atoms. The van der Waals surface area contributed by atoms with E-state index in [0.717, 1.165) is 22.2 Å². The lowest BCUT2D eigenvalue weighted by Crippen LogP contribution is -2.27. The van der Waals surface area contributed by atoms with E-state index in [1.54, 1.807) is 30.0 Å². The van der Waals surface area contributed by atoms with Crippen molar-refractivity contribution in [3.05, 3.63) is 76.5 Å². The lowest BCUT2D eigenvalue weighted by molar-refractivity contribution is 0.188. The summed E-state index contributed by atoms with van der Waals surface area (Å²) in [6.07, 6.45) is 12.3. The highest BCUT2D eigenvalue weighted by molar-refractivity contribution is 5.90. The van der Waals surface area contributed by atoms with Gasteiger partial charge in [-0.2, -0.15) is 5.26 Å². The zero-order valence-electron chi connectivity index (χ0n) is 18.4. The van der Waals surface area contributed by atoms with Crippen molar-refractivity contribution in [2.24, 2.45) is 12.5 Å². The number of hydrogen-bond acceptors (Lipinski definition) is 4. The molecule has 0 saturated carbocycles. The van der Waals surface area contributed by atoms with Gasteiger partial charge in [-0.15, -0.1) is 0 Å². The van der Waals surface area contributed by atoms with Crippen molar-refractivity contribution < 1.29 is 4.74 Å². The molecule has 160 valence electrons. The Balaban J connectivity index is 1.87. The van der Waals surface area contributed by atoms with Crippen molar-refractivity contribution in [2.75, 3.05) is 0 Å². The first-order valence-electron chi connectivity index (χ1n) is 10.2. The molecule has 6 nitrogen and oxygen atoms in total. The standard InChI is InChI=1S/C25H28N4O2/c1-25(2,3)17-29-22-10-7-20(15-23(22)28(4)24(29)30)19(11-13-26)12-14-31-21-8-5-18(16-27)6-9-21/h5-8,10-15,21,26H,9,17H2,1-4H3/b14-12+,19-11+,26-13?. The minimum atomic E-state index is -0.121. The molecule has 1 aromatic carbocycles. The number of rotatable bonds is 6. The maximum atomic E-state index is 12.8. The Hall–Kier alpha value is -3.59. The molecule has 0 radical (unpaired) electrons. The van der Waals surface area contributed by atoms with Gasteiger partial charge in [-0.25, -0.2) is 4.79 Å². The summed E-state index contributed by atoms with van der Waals surface area (Å²) in [4.78, 5) is 12.8. The first-order valence-corrected chi connectivity index (χ1v) is 10.2. The Morgan fingerprint density at radius 3 is 2.74 bits per heavy atom. The quantitative estimate of drug-likeness (QED) is 0.420. The Morgan fingerprint density at radius 1 is 1.35 bits per heavy atom. The van der Waals surface area contributed by atoms with Gasteiger partial charge >= 0.3 is 5.69 Å². The molecule has 0 bridgehead atoms. The van der Waals surface area contributed by atoms with Crippen LogP contribution < -0.4 is 5.69 Å². The molecule has 1 heterocycles. The molecule has 1 aromatic heterocycles. The summed E-state index contributed by atoms with van der Waals surface area (Å²) in [5.41, 5.74) is 4.04. The minimum absolute atomic E-state index is 0.0150. The Bertz CT molecular complexity index is 1210. The second-order valence-corrected chi connectivity index (χ2v) is 8.82. The fourth-order valence-electron chi connectivity index (χ4n) is 3.55. The van der Waals surface area contributed by atoms with E-state index in [1.807, 2.05) is 41.0 Å². The van der Waals surface area contributed by atoms with Gasteiger partial charge in [0.05, 0.1) is 23.4 Å². The number of nitrogens with one attached hydrogen (secondary N) is 1. The largest absolute Gasteiger partial charge is 0.494 e. The second kappa shape index (κ2) is 9.05. The van der Waals surface area contributed by atoms with Crippen LogP contribution in [-0.4, -0.2) is 21.5 Å². The molecule has 1 N–H and O–H groups in total. The molecule has 1 unspecified atom stereocenters. The van der Waals surface area contributed by atoms with E-state index in [0.29, 0.717) is 18.5 Å². The van der Waals surface area contributed by atoms with E-state index in [9.17, 15) is 4.79 Å². The number of imidazole rings is 1. The van der Waals surface area contributed by atoms with Crippen molar-refractivity contribution in [3.8, 4) is 6.07 Å². The lowest BCUT2D eigenvalue weighted by atomic mass is 9.97. The van der Waals surface area contributed by atoms with Crippen LogP contribution in [-0.2, 0) is 18.3 Å². The van der Waals surface area contributed by atoms with Gasteiger partial charge in [0, 0.05) is 31.8 Å². The molecule has 6 heteroatoms. The summed E-state index contributed by atoms with van der Waals surface area (Å²) in [5.74, 6) is 0. The van der Waals surface area contributed by atoms with Gasteiger partial charge in [0.15, 0.2) is 0 Å². The van der Waals surface area contributed by atoms with Crippen LogP contribution in [0, 0.1) is 22.2 Å². The normalized spacial score (nSPS) is 17.1. The molecular weight excluding hydrogens is 388 g/mol. The maximum absolute atomic E-state index is 12.8. The Kier molecular flexibility index (Phi) is 6.45. The Labute approximate surface area is 182 Å². The van der Waals surface area contributed by atoms with E-state index in [2.05, 4.69) is 26.8 Å². The molecule has 0 aliphatic heterocycles. The first-order chi connectivity index (χ1) is 14.7. The van der Waals surface area contributed by atoms with Gasteiger partial charge in [0.25, 0.3) is 0 Å². The van der Waals surface area contributed by atoms with Crippen LogP contribution in [0.15, 0.2) is 65.2 Å². The smallest absolute Gasteiger partial charge is 0.328 e. The lowest BCUT2D eigenvalue weighted by Gasteiger charge is -2.18. The summed E-state index contributed by atoms with van der Waals surface area (Å²) in [5, 5.41) is 16.4. The van der Waals surface area contributed by atoms with E-state index >= 15 is 0 Å². The van der Waals surface area contributed by atoms with E-state index in [4.69, 9.17) is 15.4 Å². The summed E-state index contributed by atoms with van der Waals surface area (Å²) >= 11 is 0. The molecule has 1 aliphatic carbocycles. The SMILES string of the molecule is Cn1c(=O)n(CC(C)(C)C)c2ccc(C(/C=C/OC3C=CC(C#N)=CC3)=C/C=N)cc21. The van der Waals surface area contributed by atoms with Crippen molar-refractivity contribution in [1.29, 1.82) is 10.7 Å². The zero-order chi connectivity index (χ0) is 22.6. The number of nitrogens with zero attached hydrogens (tertiary/aromatic N) is 3. The fourth-order valence-corrected chi connectivity index (χ4v) is 3.55. The Morgan fingerprint density at radius 2 is 2.13 bits per heavy atom. The molecule has 1 aliphatic rings. The van der Waals surface area contributed by atoms with Crippen LogP contribution in [0.3, 0.4) is 0 Å². The number of allylic oxidation sites excluding steroid dienone is 5. The minimum Gasteiger partial charge on any atom is -0.494 e. The molecule has 0 fully saturated rings. The van der Waals surface area contributed by atoms with E-state index in [1.165, 1.54) is 6.21 Å². The molecule has 2 aromatic rings. The number of aromatic nitrogens is 2. The maximum Gasteiger partial charge on any atom is 0.328 e. The number of aryl methyl sites for hydroxylation is 1. The third kappa shape index (κ3) is 5.13. The van der Waals surface area contributed by atoms with Crippen LogP contribution in [0.4, 0.5) is 0 Å². The second-order valence-electron chi connectivity index (χ2n) is 8.82. The third-order valence-electron chi connectivity index (χ3n) is 5.06.